The van der Waals surface area contributed by atoms with Crippen molar-refractivity contribution >= 4 is 5.91 Å². The number of hydrogen-bond acceptors (Lipinski definition) is 4. The third-order valence-corrected chi connectivity index (χ3v) is 3.43. The molecule has 2 heterocycles. The molecule has 0 aromatic carbocycles. The van der Waals surface area contributed by atoms with Crippen LogP contribution in [0.25, 0.3) is 0 Å². The molecular formula is C11H19N5O. The van der Waals surface area contributed by atoms with E-state index >= 15 is 0 Å². The van der Waals surface area contributed by atoms with Crippen LogP contribution in [0.1, 0.15) is 25.7 Å². The van der Waals surface area contributed by atoms with E-state index in [1.807, 2.05) is 25.5 Å². The molecule has 1 aliphatic rings. The van der Waals surface area contributed by atoms with Gasteiger partial charge in [-0.15, -0.1) is 10.2 Å². The van der Waals surface area contributed by atoms with Gasteiger partial charge in [0.2, 0.25) is 5.91 Å². The highest BCUT2D eigenvalue weighted by atomic mass is 16.2. The Kier molecular flexibility index (Phi) is 3.42. The minimum Gasteiger partial charge on any atom is -0.346 e. The smallest absolute Gasteiger partial charge is 0.223 e. The molecule has 2 atom stereocenters. The van der Waals surface area contributed by atoms with Gasteiger partial charge in [0.1, 0.15) is 6.33 Å². The highest BCUT2D eigenvalue weighted by Crippen LogP contribution is 2.17. The lowest BCUT2D eigenvalue weighted by molar-refractivity contribution is -0.127. The van der Waals surface area contributed by atoms with Crippen molar-refractivity contribution in [3.8, 4) is 0 Å². The fraction of sp³-hybridized carbons (Fsp3) is 0.727. The SMILES string of the molecule is CC(NC(=O)C(C)C1CNC1)c1nncn1C. The van der Waals surface area contributed by atoms with E-state index in [1.54, 1.807) is 6.33 Å². The largest absolute Gasteiger partial charge is 0.346 e. The number of nitrogens with zero attached hydrogens (tertiary/aromatic N) is 3. The normalized spacial score (nSPS) is 19.5. The van der Waals surface area contributed by atoms with Crippen molar-refractivity contribution in [2.45, 2.75) is 19.9 Å². The monoisotopic (exact) mass is 237 g/mol. The van der Waals surface area contributed by atoms with Gasteiger partial charge in [-0.25, -0.2) is 0 Å². The summed E-state index contributed by atoms with van der Waals surface area (Å²) in [5.74, 6) is 1.37. The summed E-state index contributed by atoms with van der Waals surface area (Å²) in [7, 11) is 1.87. The second-order valence-corrected chi connectivity index (χ2v) is 4.74. The molecular weight excluding hydrogens is 218 g/mol. The molecule has 0 aliphatic carbocycles. The number of nitrogens with one attached hydrogen (secondary N) is 2. The fourth-order valence-corrected chi connectivity index (χ4v) is 1.97. The fourth-order valence-electron chi connectivity index (χ4n) is 1.97. The van der Waals surface area contributed by atoms with E-state index in [-0.39, 0.29) is 17.9 Å². The Labute approximate surface area is 101 Å². The Morgan fingerprint density at radius 1 is 1.59 bits per heavy atom. The van der Waals surface area contributed by atoms with E-state index in [1.165, 1.54) is 0 Å². The second-order valence-electron chi connectivity index (χ2n) is 4.74. The number of amides is 1. The van der Waals surface area contributed by atoms with Gasteiger partial charge in [0.05, 0.1) is 6.04 Å². The maximum Gasteiger partial charge on any atom is 0.223 e. The van der Waals surface area contributed by atoms with Gasteiger partial charge in [0, 0.05) is 13.0 Å². The van der Waals surface area contributed by atoms with E-state index in [2.05, 4.69) is 20.8 Å². The maximum atomic E-state index is 12.0. The molecule has 1 fully saturated rings. The molecule has 1 amide bonds. The molecule has 2 unspecified atom stereocenters. The predicted octanol–water partition coefficient (Wildman–Crippen LogP) is -0.152. The summed E-state index contributed by atoms with van der Waals surface area (Å²) in [6.07, 6.45) is 1.64. The maximum absolute atomic E-state index is 12.0. The van der Waals surface area contributed by atoms with Crippen molar-refractivity contribution < 1.29 is 4.79 Å². The Morgan fingerprint density at radius 3 is 2.76 bits per heavy atom. The van der Waals surface area contributed by atoms with Crippen LogP contribution in [0.4, 0.5) is 0 Å². The topological polar surface area (TPSA) is 71.8 Å². The van der Waals surface area contributed by atoms with Gasteiger partial charge in [-0.3, -0.25) is 4.79 Å². The van der Waals surface area contributed by atoms with Crippen LogP contribution in [0.15, 0.2) is 6.33 Å². The first kappa shape index (κ1) is 12.0. The third kappa shape index (κ3) is 2.46. The van der Waals surface area contributed by atoms with Crippen LogP contribution in [0, 0.1) is 11.8 Å². The molecule has 0 radical (unpaired) electrons. The van der Waals surface area contributed by atoms with Crippen LogP contribution in [0.3, 0.4) is 0 Å². The molecule has 17 heavy (non-hydrogen) atoms. The van der Waals surface area contributed by atoms with Gasteiger partial charge in [-0.1, -0.05) is 6.92 Å². The molecule has 1 aromatic rings. The lowest BCUT2D eigenvalue weighted by atomic mass is 9.88. The standard InChI is InChI=1S/C11H19N5O/c1-7(9-4-12-5-9)11(17)14-8(2)10-15-13-6-16(10)3/h6-9,12H,4-5H2,1-3H3,(H,14,17). The van der Waals surface area contributed by atoms with Gasteiger partial charge in [-0.2, -0.15) is 0 Å². The molecule has 2 rings (SSSR count). The van der Waals surface area contributed by atoms with E-state index in [4.69, 9.17) is 0 Å². The van der Waals surface area contributed by atoms with Crippen molar-refractivity contribution in [2.75, 3.05) is 13.1 Å². The highest BCUT2D eigenvalue weighted by molar-refractivity contribution is 5.79. The van der Waals surface area contributed by atoms with E-state index in [0.29, 0.717) is 5.92 Å². The van der Waals surface area contributed by atoms with Crippen molar-refractivity contribution in [1.82, 2.24) is 25.4 Å². The van der Waals surface area contributed by atoms with E-state index in [9.17, 15) is 4.79 Å². The Hall–Kier alpha value is -1.43. The van der Waals surface area contributed by atoms with Crippen LogP contribution < -0.4 is 10.6 Å². The predicted molar refractivity (Wildman–Crippen MR) is 63.1 cm³/mol. The Morgan fingerprint density at radius 2 is 2.29 bits per heavy atom. The summed E-state index contributed by atoms with van der Waals surface area (Å²) in [6.45, 7) is 5.78. The minimum absolute atomic E-state index is 0.0481. The summed E-state index contributed by atoms with van der Waals surface area (Å²) in [5.41, 5.74) is 0. The number of rotatable bonds is 4. The van der Waals surface area contributed by atoms with Crippen molar-refractivity contribution in [3.63, 3.8) is 0 Å². The lowest BCUT2D eigenvalue weighted by Gasteiger charge is -2.32. The van der Waals surface area contributed by atoms with Gasteiger partial charge < -0.3 is 15.2 Å². The summed E-state index contributed by atoms with van der Waals surface area (Å²) < 4.78 is 1.82. The van der Waals surface area contributed by atoms with Crippen LogP contribution in [-0.2, 0) is 11.8 Å². The average Bonchev–Trinajstić information content (AvgIpc) is 2.61. The molecule has 1 aliphatic heterocycles. The second kappa shape index (κ2) is 4.83. The van der Waals surface area contributed by atoms with Crippen molar-refractivity contribution in [3.05, 3.63) is 12.2 Å². The number of hydrogen-bond donors (Lipinski definition) is 2. The molecule has 6 nitrogen and oxygen atoms in total. The molecule has 0 bridgehead atoms. The van der Waals surface area contributed by atoms with Crippen LogP contribution in [-0.4, -0.2) is 33.8 Å². The van der Waals surface area contributed by atoms with Gasteiger partial charge in [0.15, 0.2) is 5.82 Å². The van der Waals surface area contributed by atoms with Gasteiger partial charge >= 0.3 is 0 Å². The van der Waals surface area contributed by atoms with Crippen molar-refractivity contribution in [1.29, 1.82) is 0 Å². The summed E-state index contributed by atoms with van der Waals surface area (Å²) in [6, 6.07) is -0.106. The highest BCUT2D eigenvalue weighted by Gasteiger charge is 2.29. The molecule has 6 heteroatoms. The van der Waals surface area contributed by atoms with Crippen molar-refractivity contribution in [2.24, 2.45) is 18.9 Å². The minimum atomic E-state index is -0.106. The van der Waals surface area contributed by atoms with Gasteiger partial charge in [-0.05, 0) is 25.9 Å². The molecule has 1 saturated heterocycles. The number of aryl methyl sites for hydroxylation is 1. The van der Waals surface area contributed by atoms with E-state index < -0.39 is 0 Å². The molecule has 2 N–H and O–H groups in total. The molecule has 94 valence electrons. The quantitative estimate of drug-likeness (QED) is 0.764. The summed E-state index contributed by atoms with van der Waals surface area (Å²) in [5, 5.41) is 14.0. The Bertz CT molecular complexity index is 398. The average molecular weight is 237 g/mol. The van der Waals surface area contributed by atoms with E-state index in [0.717, 1.165) is 18.9 Å². The zero-order chi connectivity index (χ0) is 12.4. The molecule has 0 saturated carbocycles. The first-order valence-corrected chi connectivity index (χ1v) is 5.94. The summed E-state index contributed by atoms with van der Waals surface area (Å²) in [4.78, 5) is 12.0. The van der Waals surface area contributed by atoms with Crippen LogP contribution in [0.5, 0.6) is 0 Å². The third-order valence-electron chi connectivity index (χ3n) is 3.43. The zero-order valence-electron chi connectivity index (χ0n) is 10.5. The van der Waals surface area contributed by atoms with Gasteiger partial charge in [0.25, 0.3) is 0 Å². The van der Waals surface area contributed by atoms with Crippen LogP contribution in [0.2, 0.25) is 0 Å². The molecule has 1 aromatic heterocycles. The molecule has 0 spiro atoms. The first-order valence-electron chi connectivity index (χ1n) is 5.94. The number of carbonyl (C=O) groups excluding carboxylic acids is 1. The lowest BCUT2D eigenvalue weighted by Crippen LogP contribution is -2.50. The zero-order valence-corrected chi connectivity index (χ0v) is 10.5. The summed E-state index contributed by atoms with van der Waals surface area (Å²) >= 11 is 0. The number of aromatic nitrogens is 3. The van der Waals surface area contributed by atoms with Crippen LogP contribution >= 0.6 is 0 Å². The Balaban J connectivity index is 1.92. The number of carbonyl (C=O) groups is 1. The first-order chi connectivity index (χ1) is 8.09.